The summed E-state index contributed by atoms with van der Waals surface area (Å²) in [5.74, 6) is 0.0234. The van der Waals surface area contributed by atoms with Crippen LogP contribution in [-0.4, -0.2) is 22.4 Å². The van der Waals surface area contributed by atoms with Crippen LogP contribution >= 0.6 is 11.8 Å². The topological polar surface area (TPSA) is 89.3 Å². The second-order valence-corrected chi connectivity index (χ2v) is 6.82. The van der Waals surface area contributed by atoms with Gasteiger partial charge in [0, 0.05) is 28.6 Å². The number of carbonyl (C=O) groups excluding carboxylic acids is 2. The first-order chi connectivity index (χ1) is 11.9. The Morgan fingerprint density at radius 3 is 2.48 bits per heavy atom. The standard InChI is InChI=1S/C18H18N2O4S/c1-12(21)14-6-8-16(9-7-14)19-18(22)11-25-13(2)15-4-3-5-17(10-15)20(23)24/h3-10,13H,11H2,1-2H3,(H,19,22)/t13-/m1/s1. The van der Waals surface area contributed by atoms with Crippen LogP contribution in [0.2, 0.25) is 0 Å². The SMILES string of the molecule is CC(=O)c1ccc(NC(=O)CS[C@H](C)c2cccc([N+](=O)[O-])c2)cc1. The van der Waals surface area contributed by atoms with Crippen molar-refractivity contribution in [3.8, 4) is 0 Å². The van der Waals surface area contributed by atoms with Gasteiger partial charge in [-0.05, 0) is 43.7 Å². The molecule has 1 atom stereocenters. The van der Waals surface area contributed by atoms with Crippen molar-refractivity contribution < 1.29 is 14.5 Å². The summed E-state index contributed by atoms with van der Waals surface area (Å²) < 4.78 is 0. The van der Waals surface area contributed by atoms with Crippen LogP contribution in [0.5, 0.6) is 0 Å². The second-order valence-electron chi connectivity index (χ2n) is 5.49. The first-order valence-corrected chi connectivity index (χ1v) is 8.68. The maximum atomic E-state index is 12.0. The molecule has 0 aliphatic heterocycles. The number of anilines is 1. The number of Topliss-reactive ketones (excluding diaryl/α,β-unsaturated/α-hetero) is 1. The molecule has 0 fully saturated rings. The van der Waals surface area contributed by atoms with E-state index in [9.17, 15) is 19.7 Å². The van der Waals surface area contributed by atoms with Crippen molar-refractivity contribution in [3.63, 3.8) is 0 Å². The van der Waals surface area contributed by atoms with E-state index < -0.39 is 4.92 Å². The fourth-order valence-corrected chi connectivity index (χ4v) is 2.99. The van der Waals surface area contributed by atoms with Crippen LogP contribution in [0.4, 0.5) is 11.4 Å². The van der Waals surface area contributed by atoms with Crippen LogP contribution in [-0.2, 0) is 4.79 Å². The van der Waals surface area contributed by atoms with Crippen LogP contribution < -0.4 is 5.32 Å². The lowest BCUT2D eigenvalue weighted by molar-refractivity contribution is -0.384. The predicted octanol–water partition coefficient (Wildman–Crippen LogP) is 4.23. The van der Waals surface area contributed by atoms with E-state index in [1.165, 1.54) is 30.8 Å². The molecule has 0 saturated heterocycles. The molecule has 25 heavy (non-hydrogen) atoms. The zero-order chi connectivity index (χ0) is 18.4. The van der Waals surface area contributed by atoms with Crippen molar-refractivity contribution in [2.24, 2.45) is 0 Å². The smallest absolute Gasteiger partial charge is 0.269 e. The number of nitro groups is 1. The molecule has 2 aromatic rings. The van der Waals surface area contributed by atoms with E-state index in [2.05, 4.69) is 5.32 Å². The normalized spacial score (nSPS) is 11.6. The number of thioether (sulfide) groups is 1. The third-order valence-corrected chi connectivity index (χ3v) is 4.79. The number of ketones is 1. The molecular weight excluding hydrogens is 340 g/mol. The molecule has 0 bridgehead atoms. The quantitative estimate of drug-likeness (QED) is 0.454. The van der Waals surface area contributed by atoms with Crippen LogP contribution in [0.15, 0.2) is 48.5 Å². The van der Waals surface area contributed by atoms with Gasteiger partial charge in [-0.2, -0.15) is 0 Å². The molecule has 7 heteroatoms. The highest BCUT2D eigenvalue weighted by Crippen LogP contribution is 2.30. The maximum Gasteiger partial charge on any atom is 0.269 e. The zero-order valence-electron chi connectivity index (χ0n) is 13.9. The Kier molecular flexibility index (Phi) is 6.30. The predicted molar refractivity (Wildman–Crippen MR) is 99.0 cm³/mol. The molecule has 0 unspecified atom stereocenters. The van der Waals surface area contributed by atoms with Crippen molar-refractivity contribution in [3.05, 3.63) is 69.8 Å². The van der Waals surface area contributed by atoms with Crippen molar-refractivity contribution in [1.29, 1.82) is 0 Å². The average molecular weight is 358 g/mol. The highest BCUT2D eigenvalue weighted by molar-refractivity contribution is 8.00. The fourth-order valence-electron chi connectivity index (χ4n) is 2.17. The average Bonchev–Trinajstić information content (AvgIpc) is 2.60. The van der Waals surface area contributed by atoms with E-state index in [4.69, 9.17) is 0 Å². The van der Waals surface area contributed by atoms with E-state index in [-0.39, 0.29) is 28.4 Å². The van der Waals surface area contributed by atoms with Crippen molar-refractivity contribution >= 4 is 34.8 Å². The van der Waals surface area contributed by atoms with Crippen molar-refractivity contribution in [1.82, 2.24) is 0 Å². The summed E-state index contributed by atoms with van der Waals surface area (Å²) in [5, 5.41) is 13.5. The van der Waals surface area contributed by atoms with Gasteiger partial charge in [-0.25, -0.2) is 0 Å². The largest absolute Gasteiger partial charge is 0.325 e. The summed E-state index contributed by atoms with van der Waals surface area (Å²) in [4.78, 5) is 33.7. The Balaban J connectivity index is 1.89. The molecule has 0 saturated carbocycles. The van der Waals surface area contributed by atoms with Crippen molar-refractivity contribution in [2.75, 3.05) is 11.1 Å². The Morgan fingerprint density at radius 2 is 1.88 bits per heavy atom. The third-order valence-electron chi connectivity index (χ3n) is 3.59. The third kappa shape index (κ3) is 5.42. The summed E-state index contributed by atoms with van der Waals surface area (Å²) >= 11 is 1.40. The van der Waals surface area contributed by atoms with Gasteiger partial charge in [0.15, 0.2) is 5.78 Å². The number of nitro benzene ring substituents is 1. The number of benzene rings is 2. The van der Waals surface area contributed by atoms with E-state index in [0.717, 1.165) is 5.56 Å². The van der Waals surface area contributed by atoms with Gasteiger partial charge >= 0.3 is 0 Å². The number of nitrogens with zero attached hydrogens (tertiary/aromatic N) is 1. The minimum Gasteiger partial charge on any atom is -0.325 e. The van der Waals surface area contributed by atoms with Gasteiger partial charge in [-0.1, -0.05) is 12.1 Å². The summed E-state index contributed by atoms with van der Waals surface area (Å²) in [5.41, 5.74) is 2.06. The molecule has 1 N–H and O–H groups in total. The van der Waals surface area contributed by atoms with Crippen LogP contribution in [0.25, 0.3) is 0 Å². The van der Waals surface area contributed by atoms with Gasteiger partial charge in [0.1, 0.15) is 0 Å². The molecule has 0 aliphatic rings. The second kappa shape index (κ2) is 8.43. The molecule has 1 amide bonds. The summed E-state index contributed by atoms with van der Waals surface area (Å²) in [6.07, 6.45) is 0. The van der Waals surface area contributed by atoms with Crippen molar-refractivity contribution in [2.45, 2.75) is 19.1 Å². The Labute approximate surface area is 149 Å². The number of nitrogens with one attached hydrogen (secondary N) is 1. The first-order valence-electron chi connectivity index (χ1n) is 7.63. The lowest BCUT2D eigenvalue weighted by Gasteiger charge is -2.12. The van der Waals surface area contributed by atoms with E-state index >= 15 is 0 Å². The molecule has 130 valence electrons. The van der Waals surface area contributed by atoms with Gasteiger partial charge in [0.25, 0.3) is 5.69 Å². The fraction of sp³-hybridized carbons (Fsp3) is 0.222. The maximum absolute atomic E-state index is 12.0. The van der Waals surface area contributed by atoms with Gasteiger partial charge in [-0.3, -0.25) is 19.7 Å². The highest BCUT2D eigenvalue weighted by atomic mass is 32.2. The number of non-ortho nitro benzene ring substituents is 1. The zero-order valence-corrected chi connectivity index (χ0v) is 14.7. The lowest BCUT2D eigenvalue weighted by Crippen LogP contribution is -2.14. The van der Waals surface area contributed by atoms with E-state index in [0.29, 0.717) is 11.3 Å². The summed E-state index contributed by atoms with van der Waals surface area (Å²) in [6, 6.07) is 13.1. The van der Waals surface area contributed by atoms with Gasteiger partial charge in [0.2, 0.25) is 5.91 Å². The molecule has 6 nitrogen and oxygen atoms in total. The van der Waals surface area contributed by atoms with Crippen LogP contribution in [0, 0.1) is 10.1 Å². The van der Waals surface area contributed by atoms with Crippen LogP contribution in [0.1, 0.15) is 35.0 Å². The highest BCUT2D eigenvalue weighted by Gasteiger charge is 2.13. The Bertz CT molecular complexity index is 790. The minimum absolute atomic E-state index is 0.0285. The number of amides is 1. The Hall–Kier alpha value is -2.67. The first kappa shape index (κ1) is 18.7. The Morgan fingerprint density at radius 1 is 1.20 bits per heavy atom. The van der Waals surface area contributed by atoms with E-state index in [1.54, 1.807) is 30.3 Å². The molecule has 0 spiro atoms. The molecule has 0 radical (unpaired) electrons. The molecule has 0 aliphatic carbocycles. The van der Waals surface area contributed by atoms with Gasteiger partial charge < -0.3 is 5.32 Å². The number of hydrogen-bond donors (Lipinski definition) is 1. The lowest BCUT2D eigenvalue weighted by atomic mass is 10.1. The molecule has 2 rings (SSSR count). The minimum atomic E-state index is -0.432. The number of rotatable bonds is 7. The summed E-state index contributed by atoms with van der Waals surface area (Å²) in [7, 11) is 0. The van der Waals surface area contributed by atoms with Crippen LogP contribution in [0.3, 0.4) is 0 Å². The number of carbonyl (C=O) groups is 2. The van der Waals surface area contributed by atoms with E-state index in [1.807, 2.05) is 13.0 Å². The monoisotopic (exact) mass is 358 g/mol. The molecular formula is C18H18N2O4S. The molecule has 0 aromatic heterocycles. The van der Waals surface area contributed by atoms with Gasteiger partial charge in [0.05, 0.1) is 10.7 Å². The molecule has 2 aromatic carbocycles. The van der Waals surface area contributed by atoms with Gasteiger partial charge in [-0.15, -0.1) is 11.8 Å². The molecule has 0 heterocycles. The number of hydrogen-bond acceptors (Lipinski definition) is 5. The summed E-state index contributed by atoms with van der Waals surface area (Å²) in [6.45, 7) is 3.39.